The van der Waals surface area contributed by atoms with E-state index in [1.165, 1.54) is 6.07 Å². The minimum absolute atomic E-state index is 0.348. The highest BCUT2D eigenvalue weighted by Crippen LogP contribution is 2.34. The average Bonchev–Trinajstić information content (AvgIpc) is 2.51. The van der Waals surface area contributed by atoms with Gasteiger partial charge < -0.3 is 14.4 Å². The number of hydrogen-bond donors (Lipinski definition) is 0. The predicted octanol–water partition coefficient (Wildman–Crippen LogP) is 4.16. The SMILES string of the molecule is C=C1C(Cl)=CC=C(c2ccc(OCCOC)cc2F)N1CC. The molecule has 0 saturated heterocycles. The van der Waals surface area contributed by atoms with E-state index in [1.54, 1.807) is 31.4 Å². The van der Waals surface area contributed by atoms with Crippen LogP contribution in [0.5, 0.6) is 5.75 Å². The minimum atomic E-state index is -0.348. The van der Waals surface area contributed by atoms with Crippen LogP contribution in [0.2, 0.25) is 0 Å². The van der Waals surface area contributed by atoms with Gasteiger partial charge in [0.25, 0.3) is 0 Å². The highest BCUT2D eigenvalue weighted by atomic mass is 35.5. The first kappa shape index (κ1) is 16.6. The third kappa shape index (κ3) is 3.51. The van der Waals surface area contributed by atoms with E-state index in [1.807, 2.05) is 11.8 Å². The predicted molar refractivity (Wildman–Crippen MR) is 87.2 cm³/mol. The number of nitrogens with zero attached hydrogens (tertiary/aromatic N) is 1. The third-order valence-corrected chi connectivity index (χ3v) is 3.71. The molecule has 0 bridgehead atoms. The minimum Gasteiger partial charge on any atom is -0.491 e. The molecule has 1 aliphatic rings. The van der Waals surface area contributed by atoms with Gasteiger partial charge in [0.1, 0.15) is 18.2 Å². The maximum atomic E-state index is 14.4. The summed E-state index contributed by atoms with van der Waals surface area (Å²) in [6, 6.07) is 4.82. The van der Waals surface area contributed by atoms with Crippen LogP contribution in [0.4, 0.5) is 4.39 Å². The van der Waals surface area contributed by atoms with Gasteiger partial charge >= 0.3 is 0 Å². The smallest absolute Gasteiger partial charge is 0.136 e. The Morgan fingerprint density at radius 2 is 2.05 bits per heavy atom. The van der Waals surface area contributed by atoms with Crippen LogP contribution < -0.4 is 4.74 Å². The Labute approximate surface area is 135 Å². The van der Waals surface area contributed by atoms with Gasteiger partial charge in [-0.05, 0) is 31.2 Å². The molecule has 0 unspecified atom stereocenters. The molecule has 118 valence electrons. The van der Waals surface area contributed by atoms with Gasteiger partial charge in [-0.3, -0.25) is 0 Å². The van der Waals surface area contributed by atoms with E-state index in [0.717, 1.165) is 5.70 Å². The maximum Gasteiger partial charge on any atom is 0.136 e. The summed E-state index contributed by atoms with van der Waals surface area (Å²) in [4.78, 5) is 1.88. The van der Waals surface area contributed by atoms with Crippen LogP contribution >= 0.6 is 11.6 Å². The summed E-state index contributed by atoms with van der Waals surface area (Å²) in [5.74, 6) is 0.129. The first-order valence-corrected chi connectivity index (χ1v) is 7.42. The van der Waals surface area contributed by atoms with Crippen molar-refractivity contribution in [2.45, 2.75) is 6.92 Å². The Kier molecular flexibility index (Phi) is 5.63. The lowest BCUT2D eigenvalue weighted by atomic mass is 10.1. The number of likely N-dealkylation sites (N-methyl/N-ethyl adjacent to an activating group) is 1. The van der Waals surface area contributed by atoms with Crippen molar-refractivity contribution in [1.29, 1.82) is 0 Å². The molecule has 0 aliphatic carbocycles. The van der Waals surface area contributed by atoms with Gasteiger partial charge in [0.2, 0.25) is 0 Å². The Morgan fingerprint density at radius 1 is 1.27 bits per heavy atom. The molecule has 1 aromatic rings. The van der Waals surface area contributed by atoms with Crippen LogP contribution in [0.1, 0.15) is 12.5 Å². The summed E-state index contributed by atoms with van der Waals surface area (Å²) >= 11 is 6.08. The van der Waals surface area contributed by atoms with Crippen LogP contribution in [0, 0.1) is 5.82 Å². The zero-order valence-electron chi connectivity index (χ0n) is 12.7. The van der Waals surface area contributed by atoms with E-state index >= 15 is 0 Å². The fraction of sp³-hybridized carbons (Fsp3) is 0.294. The van der Waals surface area contributed by atoms with Gasteiger partial charge in [0.15, 0.2) is 0 Å². The van der Waals surface area contributed by atoms with Crippen molar-refractivity contribution in [3.05, 3.63) is 59.0 Å². The monoisotopic (exact) mass is 323 g/mol. The number of hydrogen-bond acceptors (Lipinski definition) is 3. The largest absolute Gasteiger partial charge is 0.491 e. The molecule has 0 radical (unpaired) electrons. The van der Waals surface area contributed by atoms with E-state index in [0.29, 0.717) is 41.8 Å². The summed E-state index contributed by atoms with van der Waals surface area (Å²) in [6.45, 7) is 7.41. The lowest BCUT2D eigenvalue weighted by Gasteiger charge is -2.30. The molecule has 1 aliphatic heterocycles. The van der Waals surface area contributed by atoms with Crippen LogP contribution in [-0.2, 0) is 4.74 Å². The Morgan fingerprint density at radius 3 is 2.68 bits per heavy atom. The van der Waals surface area contributed by atoms with Gasteiger partial charge in [-0.2, -0.15) is 0 Å². The molecule has 0 fully saturated rings. The molecule has 0 spiro atoms. The lowest BCUT2D eigenvalue weighted by molar-refractivity contribution is 0.146. The molecular weight excluding hydrogens is 305 g/mol. The van der Waals surface area contributed by atoms with Crippen LogP contribution in [0.15, 0.2) is 47.7 Å². The van der Waals surface area contributed by atoms with Gasteiger partial charge in [-0.15, -0.1) is 0 Å². The molecule has 22 heavy (non-hydrogen) atoms. The molecule has 0 amide bonds. The first-order chi connectivity index (χ1) is 10.6. The quantitative estimate of drug-likeness (QED) is 0.734. The molecule has 0 aromatic heterocycles. The van der Waals surface area contributed by atoms with E-state index in [4.69, 9.17) is 21.1 Å². The molecule has 0 N–H and O–H groups in total. The molecule has 1 heterocycles. The second-order valence-electron chi connectivity index (χ2n) is 4.74. The number of rotatable bonds is 6. The fourth-order valence-corrected chi connectivity index (χ4v) is 2.41. The number of benzene rings is 1. The second-order valence-corrected chi connectivity index (χ2v) is 5.15. The van der Waals surface area contributed by atoms with Gasteiger partial charge in [-0.1, -0.05) is 18.2 Å². The summed E-state index contributed by atoms with van der Waals surface area (Å²) in [5.41, 5.74) is 1.89. The van der Waals surface area contributed by atoms with Crippen molar-refractivity contribution in [3.8, 4) is 5.75 Å². The summed E-state index contributed by atoms with van der Waals surface area (Å²) < 4.78 is 24.7. The summed E-state index contributed by atoms with van der Waals surface area (Å²) in [5, 5.41) is 0.561. The Hall–Kier alpha value is -1.78. The number of halogens is 2. The number of allylic oxidation sites excluding steroid dienone is 3. The van der Waals surface area contributed by atoms with E-state index < -0.39 is 0 Å². The molecule has 2 rings (SSSR count). The molecule has 3 nitrogen and oxygen atoms in total. The van der Waals surface area contributed by atoms with E-state index in [9.17, 15) is 4.39 Å². The summed E-state index contributed by atoms with van der Waals surface area (Å²) in [7, 11) is 1.59. The third-order valence-electron chi connectivity index (χ3n) is 3.37. The Bertz CT molecular complexity index is 625. The lowest BCUT2D eigenvalue weighted by Crippen LogP contribution is -2.23. The standard InChI is InChI=1S/C17H19ClFNO2/c1-4-20-12(2)15(18)7-8-17(20)14-6-5-13(11-16(14)19)22-10-9-21-3/h5-8,11H,2,4,9-10H2,1,3H3. The number of ether oxygens (including phenoxy) is 2. The zero-order valence-corrected chi connectivity index (χ0v) is 13.5. The van der Waals surface area contributed by atoms with Crippen molar-refractivity contribution >= 4 is 17.3 Å². The van der Waals surface area contributed by atoms with E-state index in [2.05, 4.69) is 6.58 Å². The van der Waals surface area contributed by atoms with Crippen molar-refractivity contribution < 1.29 is 13.9 Å². The van der Waals surface area contributed by atoms with Gasteiger partial charge in [0.05, 0.1) is 23.0 Å². The normalized spacial score (nSPS) is 14.7. The van der Waals surface area contributed by atoms with Gasteiger partial charge in [-0.25, -0.2) is 4.39 Å². The zero-order chi connectivity index (χ0) is 16.1. The maximum absolute atomic E-state index is 14.4. The average molecular weight is 324 g/mol. The van der Waals surface area contributed by atoms with Crippen molar-refractivity contribution in [1.82, 2.24) is 4.90 Å². The topological polar surface area (TPSA) is 21.7 Å². The summed E-state index contributed by atoms with van der Waals surface area (Å²) in [6.07, 6.45) is 3.53. The number of methoxy groups -OCH3 is 1. The molecule has 0 atom stereocenters. The van der Waals surface area contributed by atoms with Crippen LogP contribution in [-0.4, -0.2) is 31.8 Å². The van der Waals surface area contributed by atoms with Crippen molar-refractivity contribution in [2.75, 3.05) is 26.9 Å². The highest BCUT2D eigenvalue weighted by Gasteiger charge is 2.21. The van der Waals surface area contributed by atoms with E-state index in [-0.39, 0.29) is 5.82 Å². The highest BCUT2D eigenvalue weighted by molar-refractivity contribution is 6.32. The van der Waals surface area contributed by atoms with Crippen molar-refractivity contribution in [3.63, 3.8) is 0 Å². The molecule has 1 aromatic carbocycles. The molecular formula is C17H19ClFNO2. The molecule has 0 saturated carbocycles. The second kappa shape index (κ2) is 7.47. The van der Waals surface area contributed by atoms with Crippen LogP contribution in [0.3, 0.4) is 0 Å². The van der Waals surface area contributed by atoms with Crippen LogP contribution in [0.25, 0.3) is 5.70 Å². The molecule has 5 heteroatoms. The van der Waals surface area contributed by atoms with Crippen molar-refractivity contribution in [2.24, 2.45) is 0 Å². The fourth-order valence-electron chi connectivity index (χ4n) is 2.25. The van der Waals surface area contributed by atoms with Gasteiger partial charge in [0, 0.05) is 25.3 Å². The first-order valence-electron chi connectivity index (χ1n) is 7.04. The Balaban J connectivity index is 2.27.